The van der Waals surface area contributed by atoms with Gasteiger partial charge in [-0.15, -0.1) is 0 Å². The zero-order valence-corrected chi connectivity index (χ0v) is 12.3. The van der Waals surface area contributed by atoms with Gasteiger partial charge in [-0.05, 0) is 19.3 Å². The molecule has 1 heterocycles. The summed E-state index contributed by atoms with van der Waals surface area (Å²) in [4.78, 5) is 11.7. The minimum absolute atomic E-state index is 0.0199. The Morgan fingerprint density at radius 2 is 1.95 bits per heavy atom. The van der Waals surface area contributed by atoms with E-state index >= 15 is 0 Å². The third-order valence-electron chi connectivity index (χ3n) is 3.28. The van der Waals surface area contributed by atoms with Crippen LogP contribution in [0.3, 0.4) is 0 Å². The van der Waals surface area contributed by atoms with Gasteiger partial charge in [0.1, 0.15) is 0 Å². The summed E-state index contributed by atoms with van der Waals surface area (Å²) in [5.41, 5.74) is 0. The number of sulfone groups is 1. The molecule has 1 saturated carbocycles. The monoisotopic (exact) mass is 310 g/mol. The van der Waals surface area contributed by atoms with E-state index in [0.29, 0.717) is 0 Å². The molecule has 0 aromatic carbocycles. The highest BCUT2D eigenvalue weighted by Gasteiger charge is 2.37. The Morgan fingerprint density at radius 3 is 2.37 bits per heavy atom. The molecule has 0 aromatic rings. The van der Waals surface area contributed by atoms with Crippen molar-refractivity contribution in [1.82, 2.24) is 9.62 Å². The van der Waals surface area contributed by atoms with Gasteiger partial charge in [-0.3, -0.25) is 4.79 Å². The number of hydrogen-bond acceptors (Lipinski definition) is 5. The van der Waals surface area contributed by atoms with Crippen LogP contribution in [0.25, 0.3) is 0 Å². The molecule has 9 heteroatoms. The first kappa shape index (κ1) is 14.7. The summed E-state index contributed by atoms with van der Waals surface area (Å²) in [5, 5.41) is 2.71. The first-order valence-electron chi connectivity index (χ1n) is 6.14. The van der Waals surface area contributed by atoms with Crippen LogP contribution in [0.2, 0.25) is 0 Å². The van der Waals surface area contributed by atoms with Crippen LogP contribution in [-0.2, 0) is 24.7 Å². The Morgan fingerprint density at radius 1 is 1.32 bits per heavy atom. The highest BCUT2D eigenvalue weighted by Crippen LogP contribution is 2.21. The highest BCUT2D eigenvalue weighted by atomic mass is 32.2. The van der Waals surface area contributed by atoms with Crippen molar-refractivity contribution < 1.29 is 21.6 Å². The molecular formula is C10H18N2O5S2. The molecule has 0 bridgehead atoms. The number of carbonyl (C=O) groups excluding carboxylic acids is 1. The second-order valence-electron chi connectivity index (χ2n) is 5.21. The van der Waals surface area contributed by atoms with E-state index in [4.69, 9.17) is 0 Å². The molecular weight excluding hydrogens is 292 g/mol. The van der Waals surface area contributed by atoms with Gasteiger partial charge in [0.25, 0.3) is 0 Å². The minimum Gasteiger partial charge on any atom is -0.352 e. The lowest BCUT2D eigenvalue weighted by Crippen LogP contribution is -2.46. The van der Waals surface area contributed by atoms with E-state index in [-0.39, 0.29) is 36.4 Å². The summed E-state index contributed by atoms with van der Waals surface area (Å²) in [6, 6.07) is -0.467. The third kappa shape index (κ3) is 4.15. The molecule has 1 amide bonds. The van der Waals surface area contributed by atoms with Crippen LogP contribution in [0, 0.1) is 0 Å². The Labute approximate surface area is 113 Å². The Balaban J connectivity index is 2.06. The van der Waals surface area contributed by atoms with E-state index in [1.165, 1.54) is 0 Å². The predicted molar refractivity (Wildman–Crippen MR) is 69.8 cm³/mol. The van der Waals surface area contributed by atoms with Crippen molar-refractivity contribution in [1.29, 1.82) is 0 Å². The molecule has 19 heavy (non-hydrogen) atoms. The molecule has 7 nitrogen and oxygen atoms in total. The van der Waals surface area contributed by atoms with Crippen LogP contribution in [0.1, 0.15) is 19.3 Å². The van der Waals surface area contributed by atoms with Crippen LogP contribution < -0.4 is 5.32 Å². The van der Waals surface area contributed by atoms with Gasteiger partial charge in [-0.1, -0.05) is 0 Å². The summed E-state index contributed by atoms with van der Waals surface area (Å²) in [6.07, 6.45) is 3.10. The van der Waals surface area contributed by atoms with E-state index in [1.807, 2.05) is 0 Å². The van der Waals surface area contributed by atoms with Gasteiger partial charge in [-0.2, -0.15) is 4.31 Å². The Bertz CT molecular complexity index is 565. The molecule has 2 aliphatic rings. The number of amides is 1. The maximum atomic E-state index is 11.7. The maximum absolute atomic E-state index is 11.7. The van der Waals surface area contributed by atoms with Crippen molar-refractivity contribution in [2.45, 2.75) is 31.3 Å². The summed E-state index contributed by atoms with van der Waals surface area (Å²) < 4.78 is 47.3. The van der Waals surface area contributed by atoms with E-state index in [1.54, 1.807) is 0 Å². The molecule has 110 valence electrons. The molecule has 2 fully saturated rings. The number of sulfonamides is 1. The summed E-state index contributed by atoms with van der Waals surface area (Å²) >= 11 is 0. The Kier molecular flexibility index (Phi) is 3.90. The van der Waals surface area contributed by atoms with Gasteiger partial charge in [0.2, 0.25) is 15.9 Å². The van der Waals surface area contributed by atoms with Crippen LogP contribution in [0.15, 0.2) is 0 Å². The van der Waals surface area contributed by atoms with Crippen molar-refractivity contribution in [2.75, 3.05) is 24.3 Å². The lowest BCUT2D eigenvalue weighted by atomic mass is 10.2. The van der Waals surface area contributed by atoms with Gasteiger partial charge in [-0.25, -0.2) is 16.8 Å². The summed E-state index contributed by atoms with van der Waals surface area (Å²) in [6.45, 7) is -0.296. The zero-order valence-electron chi connectivity index (χ0n) is 10.7. The maximum Gasteiger partial charge on any atom is 0.235 e. The fraction of sp³-hybridized carbons (Fsp3) is 0.900. The van der Waals surface area contributed by atoms with Gasteiger partial charge in [0.15, 0.2) is 9.84 Å². The number of hydrogen-bond donors (Lipinski definition) is 1. The fourth-order valence-corrected chi connectivity index (χ4v) is 5.06. The van der Waals surface area contributed by atoms with Crippen molar-refractivity contribution in [3.8, 4) is 0 Å². The molecule has 2 rings (SSSR count). The first-order valence-corrected chi connectivity index (χ1v) is 9.81. The van der Waals surface area contributed by atoms with Crippen molar-refractivity contribution in [3.05, 3.63) is 0 Å². The Hall–Kier alpha value is -0.670. The summed E-state index contributed by atoms with van der Waals surface area (Å²) in [7, 11) is -6.79. The fourth-order valence-electron chi connectivity index (χ4n) is 2.16. The van der Waals surface area contributed by atoms with Gasteiger partial charge >= 0.3 is 0 Å². The van der Waals surface area contributed by atoms with Crippen molar-refractivity contribution >= 4 is 25.8 Å². The third-order valence-corrected chi connectivity index (χ3v) is 6.31. The zero-order chi connectivity index (χ0) is 14.3. The number of carbonyl (C=O) groups is 1. The van der Waals surface area contributed by atoms with E-state index in [9.17, 15) is 21.6 Å². The molecule has 0 spiro atoms. The SMILES string of the molecule is CS(=O)(=O)N(CC(=O)NC1CC1)C1CCS(=O)(=O)C1. The number of nitrogens with one attached hydrogen (secondary N) is 1. The van der Waals surface area contributed by atoms with E-state index in [0.717, 1.165) is 23.4 Å². The average Bonchev–Trinajstić information content (AvgIpc) is 2.97. The standard InChI is InChI=1S/C10H18N2O5S2/c1-18(14,15)12(6-10(13)11-8-2-3-8)9-4-5-19(16,17)7-9/h8-9H,2-7H2,1H3,(H,11,13). The van der Waals surface area contributed by atoms with Crippen LogP contribution in [-0.4, -0.2) is 63.4 Å². The lowest BCUT2D eigenvalue weighted by Gasteiger charge is -2.24. The molecule has 1 aliphatic carbocycles. The predicted octanol–water partition coefficient (Wildman–Crippen LogP) is -1.29. The summed E-state index contributed by atoms with van der Waals surface area (Å²) in [5.74, 6) is -0.581. The molecule has 1 aliphatic heterocycles. The lowest BCUT2D eigenvalue weighted by molar-refractivity contribution is -0.121. The average molecular weight is 310 g/mol. The van der Waals surface area contributed by atoms with E-state index in [2.05, 4.69) is 5.32 Å². The minimum atomic E-state index is -3.60. The topological polar surface area (TPSA) is 101 Å². The van der Waals surface area contributed by atoms with Gasteiger partial charge in [0, 0.05) is 12.1 Å². The van der Waals surface area contributed by atoms with Crippen LogP contribution in [0.4, 0.5) is 0 Å². The molecule has 1 N–H and O–H groups in total. The molecule has 1 saturated heterocycles. The quantitative estimate of drug-likeness (QED) is 0.681. The van der Waals surface area contributed by atoms with Crippen LogP contribution >= 0.6 is 0 Å². The highest BCUT2D eigenvalue weighted by molar-refractivity contribution is 7.92. The molecule has 0 radical (unpaired) electrons. The van der Waals surface area contributed by atoms with Gasteiger partial charge in [0.05, 0.1) is 24.3 Å². The molecule has 1 atom stereocenters. The number of nitrogens with zero attached hydrogens (tertiary/aromatic N) is 1. The van der Waals surface area contributed by atoms with Gasteiger partial charge < -0.3 is 5.32 Å². The largest absolute Gasteiger partial charge is 0.352 e. The normalized spacial score (nSPS) is 26.5. The van der Waals surface area contributed by atoms with E-state index < -0.39 is 25.9 Å². The molecule has 1 unspecified atom stereocenters. The second-order valence-corrected chi connectivity index (χ2v) is 9.37. The van der Waals surface area contributed by atoms with Crippen molar-refractivity contribution in [2.24, 2.45) is 0 Å². The molecule has 0 aromatic heterocycles. The second kappa shape index (κ2) is 5.02. The smallest absolute Gasteiger partial charge is 0.235 e. The number of rotatable bonds is 5. The van der Waals surface area contributed by atoms with Crippen LogP contribution in [0.5, 0.6) is 0 Å². The van der Waals surface area contributed by atoms with Crippen molar-refractivity contribution in [3.63, 3.8) is 0 Å². The first-order chi connectivity index (χ1) is 8.67.